The Hall–Kier alpha value is -3.61. The summed E-state index contributed by atoms with van der Waals surface area (Å²) >= 11 is 0. The molecule has 2 amide bonds. The van der Waals surface area contributed by atoms with Gasteiger partial charge >= 0.3 is 12.1 Å². The first-order valence-electron chi connectivity index (χ1n) is 10.9. The third-order valence-corrected chi connectivity index (χ3v) is 5.71. The fraction of sp³-hybridized carbons (Fsp3) is 0.346. The Kier molecular flexibility index (Phi) is 7.21. The second kappa shape index (κ2) is 9.90. The number of nitrogens with one attached hydrogen (secondary N) is 1. The minimum Gasteiger partial charge on any atom is -0.480 e. The number of nitrogens with zero attached hydrogens (tertiary/aromatic N) is 1. The Labute approximate surface area is 194 Å². The molecule has 2 N–H and O–H groups in total. The highest BCUT2D eigenvalue weighted by Gasteiger charge is 2.37. The number of rotatable bonds is 8. The van der Waals surface area contributed by atoms with Gasteiger partial charge in [-0.1, -0.05) is 75.4 Å². The fourth-order valence-electron chi connectivity index (χ4n) is 4.14. The zero-order chi connectivity index (χ0) is 24.2. The molecule has 1 atom stereocenters. The van der Waals surface area contributed by atoms with E-state index in [1.165, 1.54) is 6.08 Å². The molecule has 33 heavy (non-hydrogen) atoms. The summed E-state index contributed by atoms with van der Waals surface area (Å²) in [6, 6.07) is 15.1. The molecule has 0 aliphatic heterocycles. The molecule has 0 saturated heterocycles. The summed E-state index contributed by atoms with van der Waals surface area (Å²) in [5.74, 6) is -1.74. The molecule has 7 heteroatoms. The first kappa shape index (κ1) is 24.0. The van der Waals surface area contributed by atoms with E-state index in [4.69, 9.17) is 9.84 Å². The van der Waals surface area contributed by atoms with E-state index in [0.29, 0.717) is 0 Å². The normalized spacial score (nSPS) is 13.4. The molecule has 7 nitrogen and oxygen atoms in total. The number of hydrogen-bond donors (Lipinski definition) is 2. The molecule has 0 unspecified atom stereocenters. The van der Waals surface area contributed by atoms with E-state index in [-0.39, 0.29) is 19.1 Å². The van der Waals surface area contributed by atoms with Gasteiger partial charge in [0.1, 0.15) is 19.2 Å². The minimum absolute atomic E-state index is 0.0596. The number of amides is 2. The van der Waals surface area contributed by atoms with E-state index in [0.717, 1.165) is 27.2 Å². The first-order chi connectivity index (χ1) is 15.6. The molecule has 0 radical (unpaired) electrons. The summed E-state index contributed by atoms with van der Waals surface area (Å²) in [7, 11) is 0. The maximum absolute atomic E-state index is 13.1. The summed E-state index contributed by atoms with van der Waals surface area (Å²) in [6.45, 7) is 8.68. The lowest BCUT2D eigenvalue weighted by atomic mass is 9.86. The van der Waals surface area contributed by atoms with Crippen molar-refractivity contribution < 1.29 is 24.2 Å². The summed E-state index contributed by atoms with van der Waals surface area (Å²) in [6.07, 6.45) is 0.729. The lowest BCUT2D eigenvalue weighted by molar-refractivity contribution is -0.146. The number of carbonyl (C=O) groups excluding carboxylic acids is 2. The number of fused-ring (bicyclic) bond motifs is 3. The van der Waals surface area contributed by atoms with Gasteiger partial charge in [-0.05, 0) is 27.7 Å². The number of aliphatic carboxylic acids is 1. The van der Waals surface area contributed by atoms with Crippen LogP contribution in [0.4, 0.5) is 4.79 Å². The number of carboxylic acids is 1. The molecule has 0 bridgehead atoms. The van der Waals surface area contributed by atoms with E-state index in [1.54, 1.807) is 20.8 Å². The van der Waals surface area contributed by atoms with Crippen molar-refractivity contribution in [3.05, 3.63) is 72.3 Å². The highest BCUT2D eigenvalue weighted by atomic mass is 16.5. The van der Waals surface area contributed by atoms with Gasteiger partial charge in [-0.2, -0.15) is 0 Å². The molecular weight excluding hydrogens is 420 g/mol. The van der Waals surface area contributed by atoms with E-state index < -0.39 is 36.0 Å². The smallest absolute Gasteiger partial charge is 0.407 e. The van der Waals surface area contributed by atoms with E-state index in [9.17, 15) is 14.4 Å². The molecule has 0 fully saturated rings. The zero-order valence-corrected chi connectivity index (χ0v) is 19.2. The van der Waals surface area contributed by atoms with Crippen LogP contribution in [0.25, 0.3) is 11.1 Å². The van der Waals surface area contributed by atoms with Gasteiger partial charge in [0.05, 0.1) is 0 Å². The predicted molar refractivity (Wildman–Crippen MR) is 126 cm³/mol. The Balaban J connectivity index is 1.73. The van der Waals surface area contributed by atoms with Crippen LogP contribution in [0.2, 0.25) is 0 Å². The van der Waals surface area contributed by atoms with E-state index in [1.807, 2.05) is 36.4 Å². The standard InChI is InChI=1S/C26H30N2O5/c1-5-14-28(15-22(29)30)24(31)23(26(2,3)4)27-25(32)33-16-21-19-12-8-6-10-17(19)18-11-7-9-13-20(18)21/h5-13,21,23H,1,14-16H2,2-4H3,(H,27,32)(H,29,30)/t23-/m0/s1. The second-order valence-corrected chi connectivity index (χ2v) is 9.17. The third-order valence-electron chi connectivity index (χ3n) is 5.71. The van der Waals surface area contributed by atoms with Crippen LogP contribution in [-0.2, 0) is 14.3 Å². The highest BCUT2D eigenvalue weighted by molar-refractivity contribution is 5.89. The van der Waals surface area contributed by atoms with Crippen LogP contribution >= 0.6 is 0 Å². The van der Waals surface area contributed by atoms with Crippen molar-refractivity contribution in [2.75, 3.05) is 19.7 Å². The van der Waals surface area contributed by atoms with Crippen molar-refractivity contribution in [3.8, 4) is 11.1 Å². The van der Waals surface area contributed by atoms with Crippen molar-refractivity contribution in [1.29, 1.82) is 0 Å². The molecule has 0 spiro atoms. The van der Waals surface area contributed by atoms with Gasteiger partial charge in [0.15, 0.2) is 0 Å². The van der Waals surface area contributed by atoms with Gasteiger partial charge < -0.3 is 20.1 Å². The van der Waals surface area contributed by atoms with Crippen LogP contribution in [0.1, 0.15) is 37.8 Å². The summed E-state index contributed by atoms with van der Waals surface area (Å²) in [4.78, 5) is 38.2. The van der Waals surface area contributed by atoms with Crippen molar-refractivity contribution >= 4 is 18.0 Å². The van der Waals surface area contributed by atoms with Gasteiger partial charge in [-0.15, -0.1) is 6.58 Å². The van der Waals surface area contributed by atoms with Crippen LogP contribution in [-0.4, -0.2) is 53.7 Å². The largest absolute Gasteiger partial charge is 0.480 e. The molecule has 0 heterocycles. The number of hydrogen-bond acceptors (Lipinski definition) is 4. The molecule has 0 aromatic heterocycles. The Morgan fingerprint density at radius 3 is 2.12 bits per heavy atom. The fourth-order valence-corrected chi connectivity index (χ4v) is 4.14. The Bertz CT molecular complexity index is 1010. The predicted octanol–water partition coefficient (Wildman–Crippen LogP) is 4.04. The lowest BCUT2D eigenvalue weighted by Crippen LogP contribution is -2.55. The molecule has 0 saturated carbocycles. The van der Waals surface area contributed by atoms with Gasteiger partial charge in [-0.25, -0.2) is 4.79 Å². The SMILES string of the molecule is C=CCN(CC(=O)O)C(=O)[C@H](NC(=O)OCC1c2ccccc2-c2ccccc21)C(C)(C)C. The van der Waals surface area contributed by atoms with Crippen LogP contribution in [0.3, 0.4) is 0 Å². The van der Waals surface area contributed by atoms with Crippen LogP contribution in [0.5, 0.6) is 0 Å². The van der Waals surface area contributed by atoms with Crippen molar-refractivity contribution in [3.63, 3.8) is 0 Å². The minimum atomic E-state index is -1.14. The topological polar surface area (TPSA) is 95.9 Å². The molecule has 1 aliphatic carbocycles. The van der Waals surface area contributed by atoms with Gasteiger partial charge in [-0.3, -0.25) is 9.59 Å². The second-order valence-electron chi connectivity index (χ2n) is 9.17. The number of benzene rings is 2. The first-order valence-corrected chi connectivity index (χ1v) is 10.9. The Morgan fingerprint density at radius 1 is 1.09 bits per heavy atom. The highest BCUT2D eigenvalue weighted by Crippen LogP contribution is 2.44. The van der Waals surface area contributed by atoms with Crippen molar-refractivity contribution in [2.24, 2.45) is 5.41 Å². The van der Waals surface area contributed by atoms with Crippen LogP contribution in [0.15, 0.2) is 61.2 Å². The monoisotopic (exact) mass is 450 g/mol. The van der Waals surface area contributed by atoms with E-state index in [2.05, 4.69) is 24.0 Å². The zero-order valence-electron chi connectivity index (χ0n) is 19.2. The van der Waals surface area contributed by atoms with Gasteiger partial charge in [0, 0.05) is 12.5 Å². The Morgan fingerprint density at radius 2 is 1.64 bits per heavy atom. The van der Waals surface area contributed by atoms with Gasteiger partial charge in [0.25, 0.3) is 0 Å². The maximum atomic E-state index is 13.1. The van der Waals surface area contributed by atoms with Crippen molar-refractivity contribution in [2.45, 2.75) is 32.7 Å². The maximum Gasteiger partial charge on any atom is 0.407 e. The quantitative estimate of drug-likeness (QED) is 0.592. The van der Waals surface area contributed by atoms with Crippen LogP contribution < -0.4 is 5.32 Å². The summed E-state index contributed by atoms with van der Waals surface area (Å²) in [5, 5.41) is 11.8. The summed E-state index contributed by atoms with van der Waals surface area (Å²) < 4.78 is 5.58. The third kappa shape index (κ3) is 5.42. The van der Waals surface area contributed by atoms with E-state index >= 15 is 0 Å². The molecule has 174 valence electrons. The molecule has 1 aliphatic rings. The number of alkyl carbamates (subject to hydrolysis) is 1. The van der Waals surface area contributed by atoms with Gasteiger partial charge in [0.2, 0.25) is 5.91 Å². The lowest BCUT2D eigenvalue weighted by Gasteiger charge is -2.33. The molecular formula is C26H30N2O5. The molecule has 2 aromatic carbocycles. The van der Waals surface area contributed by atoms with Crippen LogP contribution in [0, 0.1) is 5.41 Å². The average Bonchev–Trinajstić information content (AvgIpc) is 3.08. The number of ether oxygens (including phenoxy) is 1. The molecule has 3 rings (SSSR count). The van der Waals surface area contributed by atoms with Crippen molar-refractivity contribution in [1.82, 2.24) is 10.2 Å². The number of carboxylic acid groups (broad SMARTS) is 1. The summed E-state index contributed by atoms with van der Waals surface area (Å²) in [5.41, 5.74) is 3.76. The average molecular weight is 451 g/mol. The number of carbonyl (C=O) groups is 3. The molecule has 2 aromatic rings.